The molecule has 0 saturated heterocycles. The Morgan fingerprint density at radius 2 is 1.71 bits per heavy atom. The van der Waals surface area contributed by atoms with Crippen LogP contribution in [-0.4, -0.2) is 73.1 Å². The third-order valence-electron chi connectivity index (χ3n) is 5.69. The second kappa shape index (κ2) is 10.4. The molecule has 1 heterocycles. The number of aromatic carboxylic acids is 1. The van der Waals surface area contributed by atoms with E-state index in [2.05, 4.69) is 10.4 Å². The first-order chi connectivity index (χ1) is 16.2. The van der Waals surface area contributed by atoms with Crippen LogP contribution >= 0.6 is 0 Å². The van der Waals surface area contributed by atoms with Gasteiger partial charge in [0, 0.05) is 18.7 Å². The van der Waals surface area contributed by atoms with Crippen molar-refractivity contribution in [1.29, 1.82) is 0 Å². The van der Waals surface area contributed by atoms with E-state index < -0.39 is 5.97 Å². The number of likely N-dealkylation sites (N-methyl/N-ethyl adjacent to an activating group) is 1. The number of hydrogen-bond donors (Lipinski definition) is 2. The Morgan fingerprint density at radius 1 is 1.06 bits per heavy atom. The number of ether oxygens (including phenoxy) is 2. The molecule has 0 radical (unpaired) electrons. The van der Waals surface area contributed by atoms with Gasteiger partial charge in [-0.15, -0.1) is 0 Å². The fourth-order valence-electron chi connectivity index (χ4n) is 3.72. The molecule has 1 amide bonds. The van der Waals surface area contributed by atoms with E-state index in [0.717, 1.165) is 17.7 Å². The number of carboxylic acid groups (broad SMARTS) is 1. The van der Waals surface area contributed by atoms with Gasteiger partial charge in [-0.25, -0.2) is 9.48 Å². The summed E-state index contributed by atoms with van der Waals surface area (Å²) < 4.78 is 12.6. The summed E-state index contributed by atoms with van der Waals surface area (Å²) in [5.74, 6) is -0.278. The monoisotopic (exact) mass is 466 g/mol. The number of carbonyl (C=O) groups excluding carboxylic acids is 1. The summed E-state index contributed by atoms with van der Waals surface area (Å²) in [7, 11) is 6.96. The Balaban J connectivity index is 2.14. The topological polar surface area (TPSA) is 106 Å². The van der Waals surface area contributed by atoms with Crippen LogP contribution in [0.5, 0.6) is 11.5 Å². The highest BCUT2D eigenvalue weighted by Crippen LogP contribution is 2.40. The molecule has 3 rings (SSSR count). The number of carboxylic acids is 1. The van der Waals surface area contributed by atoms with Crippen molar-refractivity contribution in [1.82, 2.24) is 20.0 Å². The van der Waals surface area contributed by atoms with Crippen molar-refractivity contribution in [3.63, 3.8) is 0 Å². The van der Waals surface area contributed by atoms with Gasteiger partial charge >= 0.3 is 5.97 Å². The quantitative estimate of drug-likeness (QED) is 0.499. The lowest BCUT2D eigenvalue weighted by Gasteiger charge is -2.18. The number of benzene rings is 2. The molecule has 1 aromatic heterocycles. The molecule has 0 aliphatic rings. The predicted octanol–water partition coefficient (Wildman–Crippen LogP) is 3.16. The smallest absolute Gasteiger partial charge is 0.356 e. The van der Waals surface area contributed by atoms with Crippen molar-refractivity contribution in [2.24, 2.45) is 0 Å². The highest BCUT2D eigenvalue weighted by molar-refractivity contribution is 5.96. The van der Waals surface area contributed by atoms with Gasteiger partial charge in [0.05, 0.1) is 31.2 Å². The lowest BCUT2D eigenvalue weighted by molar-refractivity contribution is 0.0689. The fourth-order valence-corrected chi connectivity index (χ4v) is 3.72. The number of hydrogen-bond acceptors (Lipinski definition) is 6. The van der Waals surface area contributed by atoms with Crippen LogP contribution in [0.4, 0.5) is 0 Å². The minimum absolute atomic E-state index is 0.120. The number of methoxy groups -OCH3 is 2. The zero-order valence-electron chi connectivity index (χ0n) is 20.3. The number of nitrogens with one attached hydrogen (secondary N) is 1. The van der Waals surface area contributed by atoms with Crippen LogP contribution in [0, 0.1) is 13.8 Å². The Morgan fingerprint density at radius 3 is 2.26 bits per heavy atom. The first kappa shape index (κ1) is 24.8. The van der Waals surface area contributed by atoms with Gasteiger partial charge in [0.15, 0.2) is 5.69 Å². The molecule has 2 aromatic carbocycles. The van der Waals surface area contributed by atoms with E-state index in [1.54, 1.807) is 35.0 Å². The molecule has 3 aromatic rings. The molecule has 0 atom stereocenters. The number of carbonyl (C=O) groups is 2. The van der Waals surface area contributed by atoms with Crippen molar-refractivity contribution in [3.8, 4) is 28.4 Å². The normalized spacial score (nSPS) is 10.9. The molecule has 0 bridgehead atoms. The van der Waals surface area contributed by atoms with Crippen molar-refractivity contribution in [3.05, 3.63) is 58.8 Å². The number of amides is 1. The molecule has 9 heteroatoms. The molecule has 0 saturated carbocycles. The maximum absolute atomic E-state index is 12.7. The van der Waals surface area contributed by atoms with Gasteiger partial charge in [-0.05, 0) is 69.4 Å². The molecule has 180 valence electrons. The molecule has 2 N–H and O–H groups in total. The third kappa shape index (κ3) is 4.89. The Labute approximate surface area is 198 Å². The van der Waals surface area contributed by atoms with Gasteiger partial charge in [0.2, 0.25) is 0 Å². The fraction of sp³-hybridized carbons (Fsp3) is 0.320. The van der Waals surface area contributed by atoms with Crippen molar-refractivity contribution in [2.45, 2.75) is 13.8 Å². The van der Waals surface area contributed by atoms with Gasteiger partial charge in [0.25, 0.3) is 5.91 Å². The van der Waals surface area contributed by atoms with Crippen LogP contribution in [0.1, 0.15) is 32.0 Å². The predicted molar refractivity (Wildman–Crippen MR) is 129 cm³/mol. The molecule has 0 spiro atoms. The Kier molecular flexibility index (Phi) is 7.57. The van der Waals surface area contributed by atoms with Gasteiger partial charge < -0.3 is 24.8 Å². The number of aromatic nitrogens is 2. The van der Waals surface area contributed by atoms with Crippen LogP contribution in [0.3, 0.4) is 0 Å². The average molecular weight is 467 g/mol. The second-order valence-corrected chi connectivity index (χ2v) is 8.11. The minimum atomic E-state index is -1.15. The van der Waals surface area contributed by atoms with Crippen LogP contribution in [0.2, 0.25) is 0 Å². The zero-order valence-corrected chi connectivity index (χ0v) is 20.3. The van der Waals surface area contributed by atoms with Crippen LogP contribution in [0.25, 0.3) is 16.9 Å². The standard InChI is InChI=1S/C25H30N4O5/c1-15-16(2)19(11-10-17(15)24(30)26-12-13-28(3)4)29-20(14-18(27-29)25(31)32)23-21(33-5)8-7-9-22(23)34-6/h7-11,14H,12-13H2,1-6H3,(H,26,30)(H,31,32). The third-order valence-corrected chi connectivity index (χ3v) is 5.69. The first-order valence-electron chi connectivity index (χ1n) is 10.8. The summed E-state index contributed by atoms with van der Waals surface area (Å²) in [6.07, 6.45) is 0. The molecular formula is C25H30N4O5. The van der Waals surface area contributed by atoms with E-state index in [9.17, 15) is 14.7 Å². The molecule has 0 aliphatic carbocycles. The minimum Gasteiger partial charge on any atom is -0.496 e. The largest absolute Gasteiger partial charge is 0.496 e. The summed E-state index contributed by atoms with van der Waals surface area (Å²) in [5.41, 5.74) is 3.75. The lowest BCUT2D eigenvalue weighted by Crippen LogP contribution is -2.31. The van der Waals surface area contributed by atoms with Crippen LogP contribution in [-0.2, 0) is 0 Å². The SMILES string of the molecule is COc1cccc(OC)c1-c1cc(C(=O)O)nn1-c1ccc(C(=O)NCCN(C)C)c(C)c1C. The number of nitrogens with zero attached hydrogens (tertiary/aromatic N) is 3. The molecule has 0 unspecified atom stereocenters. The van der Waals surface area contributed by atoms with E-state index in [4.69, 9.17) is 9.47 Å². The van der Waals surface area contributed by atoms with E-state index >= 15 is 0 Å². The van der Waals surface area contributed by atoms with Gasteiger partial charge in [-0.2, -0.15) is 5.10 Å². The maximum atomic E-state index is 12.7. The molecule has 34 heavy (non-hydrogen) atoms. The van der Waals surface area contributed by atoms with E-state index in [0.29, 0.717) is 40.6 Å². The molecular weight excluding hydrogens is 436 g/mol. The summed E-state index contributed by atoms with van der Waals surface area (Å²) in [5, 5.41) is 16.9. The highest BCUT2D eigenvalue weighted by Gasteiger charge is 2.24. The molecule has 9 nitrogen and oxygen atoms in total. The summed E-state index contributed by atoms with van der Waals surface area (Å²) in [6.45, 7) is 5.01. The summed E-state index contributed by atoms with van der Waals surface area (Å²) >= 11 is 0. The van der Waals surface area contributed by atoms with E-state index in [-0.39, 0.29) is 11.6 Å². The van der Waals surface area contributed by atoms with Gasteiger partial charge in [-0.3, -0.25) is 4.79 Å². The maximum Gasteiger partial charge on any atom is 0.356 e. The Bertz CT molecular complexity index is 1190. The van der Waals surface area contributed by atoms with Crippen LogP contribution in [0.15, 0.2) is 36.4 Å². The van der Waals surface area contributed by atoms with Gasteiger partial charge in [0.1, 0.15) is 11.5 Å². The lowest BCUT2D eigenvalue weighted by atomic mass is 10.00. The highest BCUT2D eigenvalue weighted by atomic mass is 16.5. The Hall–Kier alpha value is -3.85. The van der Waals surface area contributed by atoms with Crippen molar-refractivity contribution >= 4 is 11.9 Å². The summed E-state index contributed by atoms with van der Waals surface area (Å²) in [4.78, 5) is 26.5. The zero-order chi connectivity index (χ0) is 25.0. The van der Waals surface area contributed by atoms with Gasteiger partial charge in [-0.1, -0.05) is 6.07 Å². The van der Waals surface area contributed by atoms with Crippen molar-refractivity contribution < 1.29 is 24.2 Å². The number of rotatable bonds is 9. The van der Waals surface area contributed by atoms with E-state index in [1.807, 2.05) is 32.8 Å². The molecule has 0 aliphatic heterocycles. The van der Waals surface area contributed by atoms with Crippen molar-refractivity contribution in [2.75, 3.05) is 41.4 Å². The first-order valence-corrected chi connectivity index (χ1v) is 10.8. The second-order valence-electron chi connectivity index (χ2n) is 8.11. The summed E-state index contributed by atoms with van der Waals surface area (Å²) in [6, 6.07) is 10.3. The molecule has 0 fully saturated rings. The average Bonchev–Trinajstić information content (AvgIpc) is 3.24. The van der Waals surface area contributed by atoms with Crippen LogP contribution < -0.4 is 14.8 Å². The van der Waals surface area contributed by atoms with E-state index in [1.165, 1.54) is 20.3 Å².